The first kappa shape index (κ1) is 11.9. The second kappa shape index (κ2) is 4.52. The quantitative estimate of drug-likeness (QED) is 0.849. The lowest BCUT2D eigenvalue weighted by molar-refractivity contribution is 0.293. The van der Waals surface area contributed by atoms with Crippen LogP contribution in [0.3, 0.4) is 0 Å². The molecule has 1 aliphatic rings. The minimum absolute atomic E-state index is 0.725. The van der Waals surface area contributed by atoms with E-state index >= 15 is 0 Å². The molecule has 1 radical (unpaired) electrons. The summed E-state index contributed by atoms with van der Waals surface area (Å²) < 4.78 is 6.96. The highest BCUT2D eigenvalue weighted by molar-refractivity contribution is 9.10. The zero-order valence-electron chi connectivity index (χ0n) is 10.2. The highest BCUT2D eigenvalue weighted by atomic mass is 79.9. The molecular weight excluding hydrogens is 292 g/mol. The van der Waals surface area contributed by atoms with Crippen LogP contribution in [0.1, 0.15) is 17.0 Å². The molecular formula is C14H14BrN2O. The van der Waals surface area contributed by atoms with Crippen molar-refractivity contribution in [1.29, 1.82) is 0 Å². The van der Waals surface area contributed by atoms with Crippen molar-refractivity contribution in [3.05, 3.63) is 46.6 Å². The molecule has 18 heavy (non-hydrogen) atoms. The standard InChI is InChI=1S/C14H14BrN2O/c1-3-17-7-12-13(8-17)18-14(16-12)10-5-4-6-11(15)9(10)2/h4-6H,1,3,7-8H2,2H3. The van der Waals surface area contributed by atoms with Crippen molar-refractivity contribution in [2.75, 3.05) is 6.54 Å². The molecule has 2 heterocycles. The molecule has 0 aliphatic carbocycles. The number of oxazole rings is 1. The Morgan fingerprint density at radius 1 is 1.44 bits per heavy atom. The molecule has 0 fully saturated rings. The minimum Gasteiger partial charge on any atom is -0.439 e. The van der Waals surface area contributed by atoms with Crippen LogP contribution in [-0.2, 0) is 13.1 Å². The van der Waals surface area contributed by atoms with E-state index in [1.165, 1.54) is 0 Å². The van der Waals surface area contributed by atoms with Gasteiger partial charge in [-0.1, -0.05) is 22.0 Å². The summed E-state index contributed by atoms with van der Waals surface area (Å²) in [6.07, 6.45) is 0. The van der Waals surface area contributed by atoms with Crippen molar-refractivity contribution in [3.8, 4) is 11.5 Å². The Kier molecular flexibility index (Phi) is 2.99. The molecule has 3 rings (SSSR count). The van der Waals surface area contributed by atoms with E-state index in [1.807, 2.05) is 18.2 Å². The van der Waals surface area contributed by atoms with Crippen LogP contribution in [0.15, 0.2) is 27.1 Å². The summed E-state index contributed by atoms with van der Waals surface area (Å²) in [5.74, 6) is 1.70. The maximum atomic E-state index is 5.88. The summed E-state index contributed by atoms with van der Waals surface area (Å²) in [5, 5.41) is 0. The Morgan fingerprint density at radius 3 is 3.00 bits per heavy atom. The van der Waals surface area contributed by atoms with Gasteiger partial charge < -0.3 is 4.42 Å². The van der Waals surface area contributed by atoms with E-state index in [9.17, 15) is 0 Å². The average Bonchev–Trinajstić information content (AvgIpc) is 2.90. The van der Waals surface area contributed by atoms with E-state index in [1.54, 1.807) is 0 Å². The summed E-state index contributed by atoms with van der Waals surface area (Å²) in [7, 11) is 0. The molecule has 93 valence electrons. The third-order valence-electron chi connectivity index (χ3n) is 3.33. The van der Waals surface area contributed by atoms with Crippen LogP contribution in [0.5, 0.6) is 0 Å². The van der Waals surface area contributed by atoms with Crippen LogP contribution in [0.25, 0.3) is 11.5 Å². The summed E-state index contributed by atoms with van der Waals surface area (Å²) >= 11 is 3.53. The van der Waals surface area contributed by atoms with Gasteiger partial charge in [0.25, 0.3) is 0 Å². The molecule has 2 aromatic rings. The van der Waals surface area contributed by atoms with Gasteiger partial charge in [-0.25, -0.2) is 4.98 Å². The smallest absolute Gasteiger partial charge is 0.226 e. The Bertz CT molecular complexity index is 568. The molecule has 1 aromatic carbocycles. The molecule has 0 spiro atoms. The molecule has 0 saturated carbocycles. The fraction of sp³-hybridized carbons (Fsp3) is 0.286. The van der Waals surface area contributed by atoms with Crippen LogP contribution < -0.4 is 0 Å². The predicted molar refractivity (Wildman–Crippen MR) is 73.8 cm³/mol. The third-order valence-corrected chi connectivity index (χ3v) is 4.19. The van der Waals surface area contributed by atoms with Gasteiger partial charge in [-0.2, -0.15) is 0 Å². The average molecular weight is 306 g/mol. The lowest BCUT2D eigenvalue weighted by Gasteiger charge is -2.10. The molecule has 1 aliphatic heterocycles. The molecule has 0 saturated heterocycles. The van der Waals surface area contributed by atoms with Gasteiger partial charge in [0.1, 0.15) is 5.76 Å². The predicted octanol–water partition coefficient (Wildman–Crippen LogP) is 3.56. The highest BCUT2D eigenvalue weighted by Crippen LogP contribution is 2.32. The molecule has 0 atom stereocenters. The third kappa shape index (κ3) is 1.89. The van der Waals surface area contributed by atoms with Crippen LogP contribution in [0.2, 0.25) is 0 Å². The summed E-state index contributed by atoms with van der Waals surface area (Å²) in [6, 6.07) is 6.07. The maximum absolute atomic E-state index is 5.88. The van der Waals surface area contributed by atoms with E-state index in [2.05, 4.69) is 39.7 Å². The number of fused-ring (bicyclic) bond motifs is 1. The van der Waals surface area contributed by atoms with Crippen LogP contribution >= 0.6 is 15.9 Å². The van der Waals surface area contributed by atoms with Crippen LogP contribution in [0, 0.1) is 13.8 Å². The minimum atomic E-state index is 0.725. The Balaban J connectivity index is 1.98. The molecule has 4 heteroatoms. The van der Waals surface area contributed by atoms with Crippen LogP contribution in [-0.4, -0.2) is 16.4 Å². The first-order valence-corrected chi connectivity index (χ1v) is 6.74. The first-order chi connectivity index (χ1) is 8.69. The first-order valence-electron chi connectivity index (χ1n) is 5.94. The second-order valence-corrected chi connectivity index (χ2v) is 5.37. The zero-order chi connectivity index (χ0) is 12.7. The fourth-order valence-electron chi connectivity index (χ4n) is 2.21. The Hall–Kier alpha value is -1.13. The van der Waals surface area contributed by atoms with E-state index in [0.717, 1.165) is 52.6 Å². The van der Waals surface area contributed by atoms with Crippen molar-refractivity contribution in [3.63, 3.8) is 0 Å². The molecule has 1 aromatic heterocycles. The highest BCUT2D eigenvalue weighted by Gasteiger charge is 2.25. The van der Waals surface area contributed by atoms with Crippen molar-refractivity contribution in [2.45, 2.75) is 20.0 Å². The van der Waals surface area contributed by atoms with Gasteiger partial charge in [0.15, 0.2) is 0 Å². The number of hydrogen-bond donors (Lipinski definition) is 0. The van der Waals surface area contributed by atoms with Gasteiger partial charge in [-0.15, -0.1) is 0 Å². The number of hydrogen-bond acceptors (Lipinski definition) is 3. The number of halogens is 1. The van der Waals surface area contributed by atoms with Crippen molar-refractivity contribution in [1.82, 2.24) is 9.88 Å². The number of nitrogens with zero attached hydrogens (tertiary/aromatic N) is 2. The zero-order valence-corrected chi connectivity index (χ0v) is 11.8. The summed E-state index contributed by atoms with van der Waals surface area (Å²) in [6.45, 7) is 8.40. The normalized spacial score (nSPS) is 15.1. The Labute approximate surface area is 115 Å². The van der Waals surface area contributed by atoms with Gasteiger partial charge >= 0.3 is 0 Å². The van der Waals surface area contributed by atoms with Crippen LogP contribution in [0.4, 0.5) is 0 Å². The molecule has 0 amide bonds. The van der Waals surface area contributed by atoms with Gasteiger partial charge in [-0.3, -0.25) is 4.90 Å². The summed E-state index contributed by atoms with van der Waals surface area (Å²) in [4.78, 5) is 6.81. The summed E-state index contributed by atoms with van der Waals surface area (Å²) in [5.41, 5.74) is 3.26. The van der Waals surface area contributed by atoms with Gasteiger partial charge in [-0.05, 0) is 38.1 Å². The van der Waals surface area contributed by atoms with Gasteiger partial charge in [0.05, 0.1) is 12.2 Å². The van der Waals surface area contributed by atoms with E-state index in [-0.39, 0.29) is 0 Å². The van der Waals surface area contributed by atoms with E-state index in [0.29, 0.717) is 0 Å². The number of aromatic nitrogens is 1. The maximum Gasteiger partial charge on any atom is 0.226 e. The van der Waals surface area contributed by atoms with Crippen molar-refractivity contribution < 1.29 is 4.42 Å². The number of benzene rings is 1. The largest absolute Gasteiger partial charge is 0.439 e. The molecule has 0 N–H and O–H groups in total. The van der Waals surface area contributed by atoms with Gasteiger partial charge in [0.2, 0.25) is 5.89 Å². The lowest BCUT2D eigenvalue weighted by atomic mass is 10.1. The van der Waals surface area contributed by atoms with Crippen molar-refractivity contribution >= 4 is 15.9 Å². The lowest BCUT2D eigenvalue weighted by Crippen LogP contribution is -2.15. The van der Waals surface area contributed by atoms with E-state index in [4.69, 9.17) is 4.42 Å². The fourth-order valence-corrected chi connectivity index (χ4v) is 2.58. The molecule has 0 bridgehead atoms. The Morgan fingerprint density at radius 2 is 2.28 bits per heavy atom. The molecule has 3 nitrogen and oxygen atoms in total. The van der Waals surface area contributed by atoms with Crippen molar-refractivity contribution in [2.24, 2.45) is 0 Å². The monoisotopic (exact) mass is 305 g/mol. The SMILES string of the molecule is [CH2]CN1Cc2nc(-c3cccc(Br)c3C)oc2C1. The number of rotatable bonds is 2. The topological polar surface area (TPSA) is 29.3 Å². The van der Waals surface area contributed by atoms with E-state index < -0.39 is 0 Å². The van der Waals surface area contributed by atoms with Gasteiger partial charge in [0, 0.05) is 16.6 Å². The second-order valence-electron chi connectivity index (χ2n) is 4.51. The molecule has 0 unspecified atom stereocenters.